The highest BCUT2D eigenvalue weighted by Gasteiger charge is 2.56. The Hall–Kier alpha value is -1.28. The van der Waals surface area contributed by atoms with Gasteiger partial charge in [0.1, 0.15) is 0 Å². The second-order valence-electron chi connectivity index (χ2n) is 3.96. The standard InChI is InChI=1S/C9H14N2O3/c1-8(2)9(3,13)11(6-4-5-10)7(12)14-8/h13H,4,6H2,1-3H3/t9-/m1/s1. The molecule has 0 radical (unpaired) electrons. The molecule has 0 bridgehead atoms. The lowest BCUT2D eigenvalue weighted by atomic mass is 9.96. The minimum atomic E-state index is -1.36. The second kappa shape index (κ2) is 3.14. The zero-order valence-electron chi connectivity index (χ0n) is 8.57. The second-order valence-corrected chi connectivity index (χ2v) is 3.96. The summed E-state index contributed by atoms with van der Waals surface area (Å²) in [5, 5.41) is 18.5. The predicted octanol–water partition coefficient (Wildman–Crippen LogP) is 0.839. The van der Waals surface area contributed by atoms with Gasteiger partial charge in [0.2, 0.25) is 0 Å². The van der Waals surface area contributed by atoms with Gasteiger partial charge < -0.3 is 9.84 Å². The number of aliphatic hydroxyl groups is 1. The van der Waals surface area contributed by atoms with Crippen molar-refractivity contribution in [3.05, 3.63) is 0 Å². The Morgan fingerprint density at radius 1 is 1.57 bits per heavy atom. The molecule has 1 amide bonds. The van der Waals surface area contributed by atoms with E-state index >= 15 is 0 Å². The van der Waals surface area contributed by atoms with Crippen LogP contribution in [-0.2, 0) is 4.74 Å². The molecule has 78 valence electrons. The molecule has 0 spiro atoms. The van der Waals surface area contributed by atoms with Crippen LogP contribution in [0.25, 0.3) is 0 Å². The van der Waals surface area contributed by atoms with Gasteiger partial charge in [-0.2, -0.15) is 5.26 Å². The van der Waals surface area contributed by atoms with Crippen LogP contribution in [0.2, 0.25) is 0 Å². The summed E-state index contributed by atoms with van der Waals surface area (Å²) in [7, 11) is 0. The highest BCUT2D eigenvalue weighted by Crippen LogP contribution is 2.36. The molecule has 1 atom stereocenters. The van der Waals surface area contributed by atoms with E-state index in [0.717, 1.165) is 0 Å². The van der Waals surface area contributed by atoms with E-state index in [1.54, 1.807) is 13.8 Å². The van der Waals surface area contributed by atoms with E-state index in [1.165, 1.54) is 11.8 Å². The first-order chi connectivity index (χ1) is 6.33. The van der Waals surface area contributed by atoms with Crippen molar-refractivity contribution in [1.82, 2.24) is 4.90 Å². The zero-order valence-corrected chi connectivity index (χ0v) is 8.57. The van der Waals surface area contributed by atoms with Gasteiger partial charge in [0, 0.05) is 6.54 Å². The van der Waals surface area contributed by atoms with Crippen LogP contribution in [0.3, 0.4) is 0 Å². The number of hydrogen-bond acceptors (Lipinski definition) is 4. The first-order valence-corrected chi connectivity index (χ1v) is 4.43. The molecular formula is C9H14N2O3. The van der Waals surface area contributed by atoms with E-state index in [1.807, 2.05) is 6.07 Å². The Morgan fingerprint density at radius 3 is 2.50 bits per heavy atom. The molecular weight excluding hydrogens is 184 g/mol. The molecule has 1 heterocycles. The van der Waals surface area contributed by atoms with Crippen LogP contribution in [0.15, 0.2) is 0 Å². The van der Waals surface area contributed by atoms with Crippen molar-refractivity contribution in [3.63, 3.8) is 0 Å². The number of carbonyl (C=O) groups excluding carboxylic acids is 1. The van der Waals surface area contributed by atoms with Gasteiger partial charge in [0.15, 0.2) is 11.3 Å². The van der Waals surface area contributed by atoms with E-state index in [-0.39, 0.29) is 13.0 Å². The van der Waals surface area contributed by atoms with E-state index < -0.39 is 17.4 Å². The van der Waals surface area contributed by atoms with Crippen molar-refractivity contribution in [2.24, 2.45) is 0 Å². The summed E-state index contributed by atoms with van der Waals surface area (Å²) in [6.45, 7) is 4.97. The Balaban J connectivity index is 2.86. The maximum Gasteiger partial charge on any atom is 0.412 e. The molecule has 1 aliphatic heterocycles. The highest BCUT2D eigenvalue weighted by atomic mass is 16.6. The lowest BCUT2D eigenvalue weighted by Gasteiger charge is -2.34. The van der Waals surface area contributed by atoms with Crippen molar-refractivity contribution >= 4 is 6.09 Å². The summed E-state index contributed by atoms with van der Waals surface area (Å²) in [5.41, 5.74) is -2.31. The van der Waals surface area contributed by atoms with Gasteiger partial charge in [-0.15, -0.1) is 0 Å². The molecule has 1 rings (SSSR count). The average Bonchev–Trinajstić information content (AvgIpc) is 2.16. The SMILES string of the molecule is CC1(C)OC(=O)N(CCC#N)[C@]1(C)O. The smallest absolute Gasteiger partial charge is 0.412 e. The van der Waals surface area contributed by atoms with Crippen molar-refractivity contribution < 1.29 is 14.6 Å². The number of carbonyl (C=O) groups is 1. The third-order valence-electron chi connectivity index (χ3n) is 2.68. The monoisotopic (exact) mass is 198 g/mol. The summed E-state index contributed by atoms with van der Waals surface area (Å²) in [5.74, 6) is 0. The predicted molar refractivity (Wildman–Crippen MR) is 48.1 cm³/mol. The van der Waals surface area contributed by atoms with Crippen LogP contribution < -0.4 is 0 Å². The molecule has 5 heteroatoms. The fourth-order valence-corrected chi connectivity index (χ4v) is 1.34. The first kappa shape index (κ1) is 10.8. The number of nitrogens with zero attached hydrogens (tertiary/aromatic N) is 2. The summed E-state index contributed by atoms with van der Waals surface area (Å²) in [4.78, 5) is 12.5. The van der Waals surface area contributed by atoms with Gasteiger partial charge in [0.05, 0.1) is 12.5 Å². The van der Waals surface area contributed by atoms with Gasteiger partial charge in [-0.05, 0) is 20.8 Å². The Morgan fingerprint density at radius 2 is 2.14 bits per heavy atom. The summed E-state index contributed by atoms with van der Waals surface area (Å²) < 4.78 is 5.00. The number of rotatable bonds is 2. The van der Waals surface area contributed by atoms with Crippen LogP contribution in [0.5, 0.6) is 0 Å². The summed E-state index contributed by atoms with van der Waals surface area (Å²) in [6, 6.07) is 1.92. The van der Waals surface area contributed by atoms with E-state index in [2.05, 4.69) is 0 Å². The molecule has 1 fully saturated rings. The minimum absolute atomic E-state index is 0.182. The molecule has 1 saturated heterocycles. The van der Waals surface area contributed by atoms with Crippen LogP contribution >= 0.6 is 0 Å². The van der Waals surface area contributed by atoms with Crippen molar-refractivity contribution in [2.75, 3.05) is 6.54 Å². The van der Waals surface area contributed by atoms with Crippen LogP contribution in [0.4, 0.5) is 4.79 Å². The minimum Gasteiger partial charge on any atom is -0.438 e. The van der Waals surface area contributed by atoms with Crippen LogP contribution in [0, 0.1) is 11.3 Å². The zero-order chi connectivity index (χ0) is 11.0. The molecule has 1 N–H and O–H groups in total. The normalized spacial score (nSPS) is 29.9. The van der Waals surface area contributed by atoms with E-state index in [0.29, 0.717) is 0 Å². The van der Waals surface area contributed by atoms with Gasteiger partial charge in [-0.25, -0.2) is 4.79 Å². The fourth-order valence-electron chi connectivity index (χ4n) is 1.34. The summed E-state index contributed by atoms with van der Waals surface area (Å²) >= 11 is 0. The largest absolute Gasteiger partial charge is 0.438 e. The third-order valence-corrected chi connectivity index (χ3v) is 2.68. The molecule has 0 unspecified atom stereocenters. The molecule has 0 aromatic carbocycles. The third kappa shape index (κ3) is 1.42. The molecule has 0 aromatic heterocycles. The molecule has 1 aliphatic rings. The van der Waals surface area contributed by atoms with Crippen LogP contribution in [-0.4, -0.2) is 34.0 Å². The highest BCUT2D eigenvalue weighted by molar-refractivity contribution is 5.72. The van der Waals surface area contributed by atoms with Crippen molar-refractivity contribution in [2.45, 2.75) is 38.5 Å². The molecule has 0 aromatic rings. The molecule has 5 nitrogen and oxygen atoms in total. The Kier molecular flexibility index (Phi) is 2.42. The topological polar surface area (TPSA) is 73.6 Å². The first-order valence-electron chi connectivity index (χ1n) is 4.43. The van der Waals surface area contributed by atoms with Crippen molar-refractivity contribution in [3.8, 4) is 6.07 Å². The number of ether oxygens (including phenoxy) is 1. The number of cyclic esters (lactones) is 1. The number of hydrogen-bond donors (Lipinski definition) is 1. The maximum absolute atomic E-state index is 11.3. The van der Waals surface area contributed by atoms with Gasteiger partial charge in [-0.3, -0.25) is 4.90 Å². The lowest BCUT2D eigenvalue weighted by molar-refractivity contribution is -0.126. The van der Waals surface area contributed by atoms with E-state index in [9.17, 15) is 9.90 Å². The number of amides is 1. The summed E-state index contributed by atoms with van der Waals surface area (Å²) in [6.07, 6.45) is -0.392. The fraction of sp³-hybridized carbons (Fsp3) is 0.778. The van der Waals surface area contributed by atoms with Gasteiger partial charge in [0.25, 0.3) is 0 Å². The molecule has 14 heavy (non-hydrogen) atoms. The lowest BCUT2D eigenvalue weighted by Crippen LogP contribution is -2.53. The van der Waals surface area contributed by atoms with Crippen LogP contribution in [0.1, 0.15) is 27.2 Å². The maximum atomic E-state index is 11.3. The quantitative estimate of drug-likeness (QED) is 0.713. The average molecular weight is 198 g/mol. The Bertz CT molecular complexity index is 291. The van der Waals surface area contributed by atoms with Gasteiger partial charge >= 0.3 is 6.09 Å². The molecule has 0 aliphatic carbocycles. The molecule has 0 saturated carbocycles. The van der Waals surface area contributed by atoms with E-state index in [4.69, 9.17) is 10.00 Å². The number of nitriles is 1. The van der Waals surface area contributed by atoms with Crippen molar-refractivity contribution in [1.29, 1.82) is 5.26 Å². The Labute approximate surface area is 82.9 Å². The van der Waals surface area contributed by atoms with Gasteiger partial charge in [-0.1, -0.05) is 0 Å².